The largest absolute Gasteiger partial charge is 0.355 e. The molecule has 1 fully saturated rings. The van der Waals surface area contributed by atoms with E-state index in [1.807, 2.05) is 19.9 Å². The average molecular weight is 443 g/mol. The molecule has 0 spiro atoms. The number of benzene rings is 1. The van der Waals surface area contributed by atoms with Gasteiger partial charge in [-0.2, -0.15) is 9.29 Å². The smallest absolute Gasteiger partial charge is 0.252 e. The van der Waals surface area contributed by atoms with Crippen molar-refractivity contribution in [2.75, 3.05) is 19.6 Å². The molecule has 31 heavy (non-hydrogen) atoms. The van der Waals surface area contributed by atoms with Crippen molar-refractivity contribution in [3.05, 3.63) is 53.6 Å². The summed E-state index contributed by atoms with van der Waals surface area (Å²) >= 11 is 0. The maximum atomic E-state index is 12.7. The standard InChI is InChI=1S/C21H26N6O3S/c1-15-12-16(2)27-21(23-15)24-19(25-27)13-20(28)22-14-17-8-10-26(11-9-17)31(29,30)18-6-4-3-5-7-18/h3-7,12,17H,8-11,13-14H2,1-2H3,(H,22,28). The monoisotopic (exact) mass is 442 g/mol. The third kappa shape index (κ3) is 4.75. The number of fused-ring (bicyclic) bond motifs is 1. The number of hydrogen-bond acceptors (Lipinski definition) is 6. The number of nitrogens with one attached hydrogen (secondary N) is 1. The van der Waals surface area contributed by atoms with E-state index < -0.39 is 10.0 Å². The number of carbonyl (C=O) groups is 1. The molecule has 0 radical (unpaired) electrons. The Morgan fingerprint density at radius 3 is 2.55 bits per heavy atom. The molecule has 10 heteroatoms. The van der Waals surface area contributed by atoms with Crippen LogP contribution in [0.5, 0.6) is 0 Å². The summed E-state index contributed by atoms with van der Waals surface area (Å²) in [6.45, 7) is 5.24. The van der Waals surface area contributed by atoms with Gasteiger partial charge in [-0.3, -0.25) is 4.79 Å². The third-order valence-corrected chi connectivity index (χ3v) is 7.44. The Morgan fingerprint density at radius 2 is 1.84 bits per heavy atom. The molecule has 1 N–H and O–H groups in total. The van der Waals surface area contributed by atoms with E-state index in [0.29, 0.717) is 49.0 Å². The van der Waals surface area contributed by atoms with Crippen molar-refractivity contribution in [3.63, 3.8) is 0 Å². The number of amides is 1. The van der Waals surface area contributed by atoms with Crippen LogP contribution in [0, 0.1) is 19.8 Å². The Kier molecular flexibility index (Phi) is 6.01. The molecule has 1 aliphatic rings. The molecule has 1 amide bonds. The average Bonchev–Trinajstić information content (AvgIpc) is 3.15. The van der Waals surface area contributed by atoms with Crippen LogP contribution in [-0.4, -0.2) is 57.8 Å². The molecular weight excluding hydrogens is 416 g/mol. The highest BCUT2D eigenvalue weighted by atomic mass is 32.2. The zero-order valence-electron chi connectivity index (χ0n) is 17.7. The highest BCUT2D eigenvalue weighted by molar-refractivity contribution is 7.89. The van der Waals surface area contributed by atoms with Gasteiger partial charge in [-0.25, -0.2) is 17.9 Å². The number of nitrogens with zero attached hydrogens (tertiary/aromatic N) is 5. The van der Waals surface area contributed by atoms with Crippen LogP contribution in [0.4, 0.5) is 0 Å². The number of rotatable bonds is 6. The molecule has 1 saturated heterocycles. The van der Waals surface area contributed by atoms with Crippen LogP contribution in [0.2, 0.25) is 0 Å². The maximum absolute atomic E-state index is 12.7. The molecule has 9 nitrogen and oxygen atoms in total. The minimum atomic E-state index is -3.46. The van der Waals surface area contributed by atoms with Gasteiger partial charge in [0.1, 0.15) is 0 Å². The van der Waals surface area contributed by atoms with Crippen molar-refractivity contribution >= 4 is 21.7 Å². The second kappa shape index (κ2) is 8.72. The number of carbonyl (C=O) groups excluding carboxylic acids is 1. The fourth-order valence-electron chi connectivity index (χ4n) is 3.84. The molecule has 0 saturated carbocycles. The van der Waals surface area contributed by atoms with Gasteiger partial charge in [-0.15, -0.1) is 5.10 Å². The van der Waals surface area contributed by atoms with Crippen LogP contribution in [0.25, 0.3) is 5.78 Å². The van der Waals surface area contributed by atoms with Crippen LogP contribution in [0.1, 0.15) is 30.1 Å². The quantitative estimate of drug-likeness (QED) is 0.620. The van der Waals surface area contributed by atoms with Crippen LogP contribution in [-0.2, 0) is 21.2 Å². The normalized spacial score (nSPS) is 15.9. The Labute approximate surface area is 181 Å². The number of aryl methyl sites for hydroxylation is 2. The third-order valence-electron chi connectivity index (χ3n) is 5.52. The number of hydrogen-bond donors (Lipinski definition) is 1. The Bertz CT molecular complexity index is 1180. The Balaban J connectivity index is 1.28. The van der Waals surface area contributed by atoms with E-state index in [4.69, 9.17) is 0 Å². The lowest BCUT2D eigenvalue weighted by atomic mass is 9.98. The van der Waals surface area contributed by atoms with Gasteiger partial charge < -0.3 is 5.32 Å². The summed E-state index contributed by atoms with van der Waals surface area (Å²) in [5, 5.41) is 7.30. The van der Waals surface area contributed by atoms with E-state index in [-0.39, 0.29) is 18.2 Å². The van der Waals surface area contributed by atoms with Crippen molar-refractivity contribution < 1.29 is 13.2 Å². The van der Waals surface area contributed by atoms with E-state index >= 15 is 0 Å². The van der Waals surface area contributed by atoms with Crippen molar-refractivity contribution in [1.82, 2.24) is 29.2 Å². The molecule has 164 valence electrons. The molecule has 1 aromatic carbocycles. The lowest BCUT2D eigenvalue weighted by molar-refractivity contribution is -0.120. The van der Waals surface area contributed by atoms with Crippen LogP contribution in [0.15, 0.2) is 41.3 Å². The SMILES string of the molecule is Cc1cc(C)n2nc(CC(=O)NCC3CCN(S(=O)(=O)c4ccccc4)CC3)nc2n1. The van der Waals surface area contributed by atoms with E-state index in [9.17, 15) is 13.2 Å². The summed E-state index contributed by atoms with van der Waals surface area (Å²) in [6, 6.07) is 10.4. The summed E-state index contributed by atoms with van der Waals surface area (Å²) in [5.41, 5.74) is 1.77. The first-order chi connectivity index (χ1) is 14.8. The summed E-state index contributed by atoms with van der Waals surface area (Å²) in [7, 11) is -3.46. The van der Waals surface area contributed by atoms with Gasteiger partial charge in [0.2, 0.25) is 15.9 Å². The van der Waals surface area contributed by atoms with Gasteiger partial charge in [-0.05, 0) is 50.8 Å². The highest BCUT2D eigenvalue weighted by Crippen LogP contribution is 2.23. The minimum Gasteiger partial charge on any atom is -0.355 e. The lowest BCUT2D eigenvalue weighted by Crippen LogP contribution is -2.41. The van der Waals surface area contributed by atoms with E-state index in [1.165, 1.54) is 4.31 Å². The minimum absolute atomic E-state index is 0.0864. The van der Waals surface area contributed by atoms with Crippen molar-refractivity contribution in [2.24, 2.45) is 5.92 Å². The zero-order valence-corrected chi connectivity index (χ0v) is 18.5. The predicted molar refractivity (Wildman–Crippen MR) is 115 cm³/mol. The van der Waals surface area contributed by atoms with Crippen molar-refractivity contribution in [1.29, 1.82) is 0 Å². The van der Waals surface area contributed by atoms with Gasteiger partial charge in [0, 0.05) is 31.0 Å². The summed E-state index contributed by atoms with van der Waals surface area (Å²) in [6.07, 6.45) is 1.51. The Hall–Kier alpha value is -2.85. The van der Waals surface area contributed by atoms with Crippen molar-refractivity contribution in [3.8, 4) is 0 Å². The topological polar surface area (TPSA) is 110 Å². The van der Waals surface area contributed by atoms with Crippen LogP contribution < -0.4 is 5.32 Å². The van der Waals surface area contributed by atoms with E-state index in [1.54, 1.807) is 34.8 Å². The molecular formula is C21H26N6O3S. The lowest BCUT2D eigenvalue weighted by Gasteiger charge is -2.31. The fourth-order valence-corrected chi connectivity index (χ4v) is 5.33. The number of piperidine rings is 1. The molecule has 0 unspecified atom stereocenters. The summed E-state index contributed by atoms with van der Waals surface area (Å²) < 4.78 is 28.6. The molecule has 3 aromatic rings. The van der Waals surface area contributed by atoms with Gasteiger partial charge in [0.15, 0.2) is 5.82 Å². The molecule has 3 heterocycles. The van der Waals surface area contributed by atoms with Gasteiger partial charge in [-0.1, -0.05) is 18.2 Å². The summed E-state index contributed by atoms with van der Waals surface area (Å²) in [5.74, 6) is 1.02. The molecule has 0 bridgehead atoms. The highest BCUT2D eigenvalue weighted by Gasteiger charge is 2.29. The molecule has 2 aromatic heterocycles. The van der Waals surface area contributed by atoms with Gasteiger partial charge in [0.05, 0.1) is 11.3 Å². The van der Waals surface area contributed by atoms with Crippen molar-refractivity contribution in [2.45, 2.75) is 38.0 Å². The van der Waals surface area contributed by atoms with E-state index in [0.717, 1.165) is 11.4 Å². The first kappa shape index (κ1) is 21.4. The molecule has 0 aliphatic carbocycles. The predicted octanol–water partition coefficient (Wildman–Crippen LogP) is 1.50. The number of aromatic nitrogens is 4. The maximum Gasteiger partial charge on any atom is 0.252 e. The van der Waals surface area contributed by atoms with Crippen LogP contribution >= 0.6 is 0 Å². The van der Waals surface area contributed by atoms with Gasteiger partial charge >= 0.3 is 0 Å². The summed E-state index contributed by atoms with van der Waals surface area (Å²) in [4.78, 5) is 21.4. The second-order valence-electron chi connectivity index (χ2n) is 7.92. The molecule has 0 atom stereocenters. The Morgan fingerprint density at radius 1 is 1.13 bits per heavy atom. The van der Waals surface area contributed by atoms with Gasteiger partial charge in [0.25, 0.3) is 5.78 Å². The number of sulfonamides is 1. The first-order valence-electron chi connectivity index (χ1n) is 10.3. The van der Waals surface area contributed by atoms with E-state index in [2.05, 4.69) is 20.4 Å². The first-order valence-corrected chi connectivity index (χ1v) is 11.8. The molecule has 4 rings (SSSR count). The fraction of sp³-hybridized carbons (Fsp3) is 0.429. The molecule has 1 aliphatic heterocycles. The zero-order chi connectivity index (χ0) is 22.0. The van der Waals surface area contributed by atoms with Crippen LogP contribution in [0.3, 0.4) is 0 Å². The second-order valence-corrected chi connectivity index (χ2v) is 9.86.